The Kier molecular flexibility index (Phi) is 5.16. The molecule has 2 aromatic rings. The number of hydrogen-bond acceptors (Lipinski definition) is 3. The van der Waals surface area contributed by atoms with Crippen LogP contribution in [0.3, 0.4) is 0 Å². The van der Waals surface area contributed by atoms with E-state index < -0.39 is 11.6 Å². The number of benzene rings is 1. The van der Waals surface area contributed by atoms with Gasteiger partial charge in [-0.2, -0.15) is 0 Å². The normalized spacial score (nSPS) is 10.8. The molecule has 0 radical (unpaired) electrons. The highest BCUT2D eigenvalue weighted by atomic mass is 32.2. The molecule has 1 N–H and O–H groups in total. The fourth-order valence-electron chi connectivity index (χ4n) is 1.43. The first-order valence-corrected chi connectivity index (χ1v) is 7.43. The lowest BCUT2D eigenvalue weighted by molar-refractivity contribution is 0.506. The molecular weight excluding hydrogens is 272 g/mol. The third kappa shape index (κ3) is 4.08. The van der Waals surface area contributed by atoms with Crippen molar-refractivity contribution in [1.82, 2.24) is 5.32 Å². The molecule has 0 atom stereocenters. The van der Waals surface area contributed by atoms with Gasteiger partial charge in [-0.1, -0.05) is 6.07 Å². The van der Waals surface area contributed by atoms with Gasteiger partial charge in [0, 0.05) is 28.6 Å². The second-order valence-electron chi connectivity index (χ2n) is 3.68. The summed E-state index contributed by atoms with van der Waals surface area (Å²) >= 11 is 3.24. The molecule has 0 fully saturated rings. The van der Waals surface area contributed by atoms with Crippen molar-refractivity contribution in [3.8, 4) is 0 Å². The lowest BCUT2D eigenvalue weighted by Crippen LogP contribution is -2.15. The second-order valence-corrected chi connectivity index (χ2v) is 5.88. The number of hydrogen-bond donors (Lipinski definition) is 1. The minimum atomic E-state index is -0.796. The number of halogens is 2. The summed E-state index contributed by atoms with van der Waals surface area (Å²) in [5.41, 5.74) is 0. The first-order chi connectivity index (χ1) is 8.75. The quantitative estimate of drug-likeness (QED) is 0.638. The molecule has 5 heteroatoms. The minimum Gasteiger partial charge on any atom is -0.311 e. The summed E-state index contributed by atoms with van der Waals surface area (Å²) in [7, 11) is 0. The largest absolute Gasteiger partial charge is 0.311 e. The summed E-state index contributed by atoms with van der Waals surface area (Å²) in [4.78, 5) is 2.06. The molecule has 0 saturated carbocycles. The Hall–Kier alpha value is -0.910. The van der Waals surface area contributed by atoms with Crippen molar-refractivity contribution >= 4 is 23.1 Å². The summed E-state index contributed by atoms with van der Waals surface area (Å²) in [5, 5.41) is 5.35. The maximum atomic E-state index is 12.9. The number of rotatable bonds is 6. The maximum absolute atomic E-state index is 12.9. The molecule has 0 amide bonds. The lowest BCUT2D eigenvalue weighted by atomic mass is 10.3. The molecule has 96 valence electrons. The van der Waals surface area contributed by atoms with Crippen molar-refractivity contribution in [1.29, 1.82) is 0 Å². The average Bonchev–Trinajstić information content (AvgIpc) is 2.86. The molecule has 0 bridgehead atoms. The van der Waals surface area contributed by atoms with Crippen LogP contribution in [0.25, 0.3) is 0 Å². The van der Waals surface area contributed by atoms with Crippen LogP contribution in [0.5, 0.6) is 0 Å². The topological polar surface area (TPSA) is 12.0 Å². The van der Waals surface area contributed by atoms with Gasteiger partial charge in [0.05, 0.1) is 0 Å². The smallest absolute Gasteiger partial charge is 0.159 e. The van der Waals surface area contributed by atoms with E-state index in [2.05, 4.69) is 11.4 Å². The van der Waals surface area contributed by atoms with Gasteiger partial charge >= 0.3 is 0 Å². The van der Waals surface area contributed by atoms with E-state index in [1.165, 1.54) is 22.7 Å². The summed E-state index contributed by atoms with van der Waals surface area (Å²) < 4.78 is 25.6. The van der Waals surface area contributed by atoms with Crippen molar-refractivity contribution in [2.24, 2.45) is 0 Å². The molecule has 2 rings (SSSR count). The molecule has 0 spiro atoms. The molecule has 0 aliphatic heterocycles. The number of thioether (sulfide) groups is 1. The van der Waals surface area contributed by atoms with Crippen LogP contribution in [0.4, 0.5) is 8.78 Å². The lowest BCUT2D eigenvalue weighted by Gasteiger charge is -2.04. The molecule has 0 unspecified atom stereocenters. The summed E-state index contributed by atoms with van der Waals surface area (Å²) in [6.45, 7) is 1.69. The Morgan fingerprint density at radius 2 is 2.06 bits per heavy atom. The fourth-order valence-corrected chi connectivity index (χ4v) is 2.94. The van der Waals surface area contributed by atoms with E-state index in [0.29, 0.717) is 0 Å². The molecule has 1 aromatic heterocycles. The van der Waals surface area contributed by atoms with Gasteiger partial charge in [0.2, 0.25) is 0 Å². The van der Waals surface area contributed by atoms with E-state index >= 15 is 0 Å². The Balaban J connectivity index is 1.67. The van der Waals surface area contributed by atoms with E-state index in [-0.39, 0.29) is 0 Å². The minimum absolute atomic E-state index is 0.756. The molecule has 0 saturated heterocycles. The molecule has 1 heterocycles. The van der Waals surface area contributed by atoms with Gasteiger partial charge in [-0.3, -0.25) is 0 Å². The Morgan fingerprint density at radius 3 is 2.78 bits per heavy atom. The first kappa shape index (κ1) is 13.5. The highest BCUT2D eigenvalue weighted by Gasteiger charge is 2.02. The zero-order valence-corrected chi connectivity index (χ0v) is 11.3. The van der Waals surface area contributed by atoms with Crippen LogP contribution in [-0.4, -0.2) is 12.3 Å². The van der Waals surface area contributed by atoms with Crippen LogP contribution < -0.4 is 5.32 Å². The van der Waals surface area contributed by atoms with Crippen molar-refractivity contribution in [2.45, 2.75) is 11.4 Å². The number of nitrogens with one attached hydrogen (secondary N) is 1. The molecule has 1 aromatic carbocycles. The summed E-state index contributed by atoms with van der Waals surface area (Å²) in [6, 6.07) is 8.11. The van der Waals surface area contributed by atoms with Crippen LogP contribution in [0.2, 0.25) is 0 Å². The Morgan fingerprint density at radius 1 is 1.17 bits per heavy atom. The van der Waals surface area contributed by atoms with Gasteiger partial charge in [-0.25, -0.2) is 8.78 Å². The average molecular weight is 285 g/mol. The van der Waals surface area contributed by atoms with Crippen LogP contribution in [0.1, 0.15) is 4.88 Å². The van der Waals surface area contributed by atoms with E-state index in [1.807, 2.05) is 11.4 Å². The van der Waals surface area contributed by atoms with Crippen LogP contribution >= 0.6 is 23.1 Å². The number of thiophene rings is 1. The van der Waals surface area contributed by atoms with E-state index in [4.69, 9.17) is 0 Å². The van der Waals surface area contributed by atoms with Gasteiger partial charge in [0.25, 0.3) is 0 Å². The third-order valence-electron chi connectivity index (χ3n) is 2.32. The van der Waals surface area contributed by atoms with Crippen molar-refractivity contribution in [3.05, 3.63) is 52.2 Å². The highest BCUT2D eigenvalue weighted by Crippen LogP contribution is 2.19. The highest BCUT2D eigenvalue weighted by molar-refractivity contribution is 7.99. The fraction of sp³-hybridized carbons (Fsp3) is 0.231. The van der Waals surface area contributed by atoms with Crippen LogP contribution in [0.15, 0.2) is 40.6 Å². The zero-order valence-electron chi connectivity index (χ0n) is 9.66. The zero-order chi connectivity index (χ0) is 12.8. The molecule has 18 heavy (non-hydrogen) atoms. The third-order valence-corrected chi connectivity index (χ3v) is 4.19. The molecule has 0 aliphatic carbocycles. The maximum Gasteiger partial charge on any atom is 0.159 e. The van der Waals surface area contributed by atoms with Crippen molar-refractivity contribution < 1.29 is 8.78 Å². The molecular formula is C13H13F2NS2. The monoisotopic (exact) mass is 285 g/mol. The molecule has 1 nitrogen and oxygen atoms in total. The van der Waals surface area contributed by atoms with Gasteiger partial charge in [-0.05, 0) is 29.6 Å². The van der Waals surface area contributed by atoms with Gasteiger partial charge in [-0.15, -0.1) is 23.1 Å². The first-order valence-electron chi connectivity index (χ1n) is 5.56. The van der Waals surface area contributed by atoms with Crippen molar-refractivity contribution in [2.75, 3.05) is 12.3 Å². The van der Waals surface area contributed by atoms with Crippen LogP contribution in [-0.2, 0) is 6.54 Å². The predicted octanol–water partition coefficient (Wildman–Crippen LogP) is 3.91. The SMILES string of the molecule is Fc1ccc(SCCNCc2cccs2)cc1F. The second kappa shape index (κ2) is 6.87. The Bertz CT molecular complexity index is 486. The standard InChI is InChI=1S/C13H13F2NS2/c14-12-4-3-10(8-13(12)15)18-7-5-16-9-11-2-1-6-17-11/h1-4,6,8,16H,5,7,9H2. The molecule has 0 aliphatic rings. The van der Waals surface area contributed by atoms with Crippen molar-refractivity contribution in [3.63, 3.8) is 0 Å². The van der Waals surface area contributed by atoms with Gasteiger partial charge in [0.15, 0.2) is 11.6 Å². The summed E-state index contributed by atoms with van der Waals surface area (Å²) in [5.74, 6) is -0.752. The van der Waals surface area contributed by atoms with Gasteiger partial charge < -0.3 is 5.32 Å². The Labute approximate surface area is 113 Å². The van der Waals surface area contributed by atoms with Gasteiger partial charge in [0.1, 0.15) is 0 Å². The van der Waals surface area contributed by atoms with E-state index in [0.717, 1.165) is 29.8 Å². The predicted molar refractivity (Wildman–Crippen MR) is 73.1 cm³/mol. The van der Waals surface area contributed by atoms with Crippen LogP contribution in [0, 0.1) is 11.6 Å². The van der Waals surface area contributed by atoms with E-state index in [9.17, 15) is 8.78 Å². The summed E-state index contributed by atoms with van der Waals surface area (Å²) in [6.07, 6.45) is 0. The van der Waals surface area contributed by atoms with E-state index in [1.54, 1.807) is 17.4 Å².